The van der Waals surface area contributed by atoms with E-state index in [9.17, 15) is 0 Å². The minimum atomic E-state index is 0.842. The molecule has 0 aromatic carbocycles. The van der Waals surface area contributed by atoms with Crippen LogP contribution in [-0.4, -0.2) is 24.5 Å². The summed E-state index contributed by atoms with van der Waals surface area (Å²) < 4.78 is 0. The topological polar surface area (TPSA) is 29.3 Å². The molecule has 0 bridgehead atoms. The number of fused-ring (bicyclic) bond motifs is 1. The quantitative estimate of drug-likeness (QED) is 0.777. The molecular formula is C12H20N2S. The van der Waals surface area contributed by atoms with Crippen LogP contribution in [0.3, 0.4) is 0 Å². The lowest BCUT2D eigenvalue weighted by Crippen LogP contribution is -2.30. The van der Waals surface area contributed by atoms with Gasteiger partial charge in [0.15, 0.2) is 0 Å². The van der Waals surface area contributed by atoms with Gasteiger partial charge in [0.05, 0.1) is 0 Å². The molecule has 0 radical (unpaired) electrons. The van der Waals surface area contributed by atoms with E-state index in [1.807, 2.05) is 11.3 Å². The maximum atomic E-state index is 5.48. The third kappa shape index (κ3) is 3.03. The Morgan fingerprint density at radius 1 is 1.33 bits per heavy atom. The highest BCUT2D eigenvalue weighted by atomic mass is 32.1. The fraction of sp³-hybridized carbons (Fsp3) is 0.667. The van der Waals surface area contributed by atoms with Crippen LogP contribution in [0.25, 0.3) is 0 Å². The van der Waals surface area contributed by atoms with E-state index in [4.69, 9.17) is 5.73 Å². The maximum absolute atomic E-state index is 5.48. The van der Waals surface area contributed by atoms with E-state index in [0.717, 1.165) is 6.54 Å². The van der Waals surface area contributed by atoms with E-state index < -0.39 is 0 Å². The van der Waals surface area contributed by atoms with Gasteiger partial charge in [0.2, 0.25) is 0 Å². The third-order valence-corrected chi connectivity index (χ3v) is 4.09. The normalized spacial score (nSPS) is 16.6. The van der Waals surface area contributed by atoms with Crippen molar-refractivity contribution in [1.82, 2.24) is 4.90 Å². The lowest BCUT2D eigenvalue weighted by Gasteiger charge is -2.26. The molecule has 1 aromatic rings. The SMILES string of the molecule is NCCCCCN1CCc2sccc2C1. The first-order valence-corrected chi connectivity index (χ1v) is 6.76. The highest BCUT2D eigenvalue weighted by molar-refractivity contribution is 7.10. The van der Waals surface area contributed by atoms with Crippen LogP contribution < -0.4 is 5.73 Å². The summed E-state index contributed by atoms with van der Waals surface area (Å²) in [5.41, 5.74) is 7.05. The summed E-state index contributed by atoms with van der Waals surface area (Å²) in [5, 5.41) is 2.22. The summed E-state index contributed by atoms with van der Waals surface area (Å²) in [5.74, 6) is 0. The molecule has 0 saturated carbocycles. The molecule has 2 heterocycles. The molecule has 1 aliphatic heterocycles. The summed E-state index contributed by atoms with van der Waals surface area (Å²) in [6.45, 7) is 4.50. The van der Waals surface area contributed by atoms with Crippen LogP contribution in [0.5, 0.6) is 0 Å². The molecule has 0 amide bonds. The van der Waals surface area contributed by atoms with Crippen molar-refractivity contribution in [3.05, 3.63) is 21.9 Å². The van der Waals surface area contributed by atoms with Crippen molar-refractivity contribution in [2.24, 2.45) is 5.73 Å². The van der Waals surface area contributed by atoms with Crippen molar-refractivity contribution in [1.29, 1.82) is 0 Å². The first-order valence-electron chi connectivity index (χ1n) is 5.88. The van der Waals surface area contributed by atoms with Crippen molar-refractivity contribution >= 4 is 11.3 Å². The van der Waals surface area contributed by atoms with Crippen LogP contribution in [0, 0.1) is 0 Å². The Morgan fingerprint density at radius 2 is 2.27 bits per heavy atom. The molecule has 2 rings (SSSR count). The standard InChI is InChI=1S/C12H20N2S/c13-6-2-1-3-7-14-8-4-12-11(10-14)5-9-15-12/h5,9H,1-4,6-8,10,13H2. The molecule has 0 saturated heterocycles. The Labute approximate surface area is 96.1 Å². The Bertz CT molecular complexity index is 296. The van der Waals surface area contributed by atoms with Crippen LogP contribution in [0.1, 0.15) is 29.7 Å². The monoisotopic (exact) mass is 224 g/mol. The van der Waals surface area contributed by atoms with Gasteiger partial charge in [-0.05, 0) is 49.4 Å². The lowest BCUT2D eigenvalue weighted by atomic mass is 10.1. The summed E-state index contributed by atoms with van der Waals surface area (Å²) in [4.78, 5) is 4.18. The predicted molar refractivity (Wildman–Crippen MR) is 66.2 cm³/mol. The molecule has 0 atom stereocenters. The van der Waals surface area contributed by atoms with Gasteiger partial charge in [-0.25, -0.2) is 0 Å². The number of nitrogens with zero attached hydrogens (tertiary/aromatic N) is 1. The van der Waals surface area contributed by atoms with Crippen LogP contribution in [0.4, 0.5) is 0 Å². The Morgan fingerprint density at radius 3 is 3.13 bits per heavy atom. The highest BCUT2D eigenvalue weighted by Crippen LogP contribution is 2.23. The largest absolute Gasteiger partial charge is 0.330 e. The van der Waals surface area contributed by atoms with Gasteiger partial charge in [-0.15, -0.1) is 11.3 Å². The number of rotatable bonds is 5. The molecular weight excluding hydrogens is 204 g/mol. The van der Waals surface area contributed by atoms with Gasteiger partial charge in [-0.1, -0.05) is 6.42 Å². The van der Waals surface area contributed by atoms with Crippen LogP contribution in [0.2, 0.25) is 0 Å². The van der Waals surface area contributed by atoms with Gasteiger partial charge in [-0.2, -0.15) is 0 Å². The average molecular weight is 224 g/mol. The Kier molecular flexibility index (Phi) is 4.18. The second kappa shape index (κ2) is 5.64. The highest BCUT2D eigenvalue weighted by Gasteiger charge is 2.15. The van der Waals surface area contributed by atoms with E-state index in [1.165, 1.54) is 45.3 Å². The van der Waals surface area contributed by atoms with Crippen molar-refractivity contribution in [3.8, 4) is 0 Å². The smallest absolute Gasteiger partial charge is 0.0244 e. The molecule has 0 spiro atoms. The molecule has 0 fully saturated rings. The Hall–Kier alpha value is -0.380. The second-order valence-electron chi connectivity index (χ2n) is 4.24. The lowest BCUT2D eigenvalue weighted by molar-refractivity contribution is 0.250. The zero-order chi connectivity index (χ0) is 10.5. The van der Waals surface area contributed by atoms with Gasteiger partial charge in [-0.3, -0.25) is 4.90 Å². The summed E-state index contributed by atoms with van der Waals surface area (Å²) in [7, 11) is 0. The van der Waals surface area contributed by atoms with Gasteiger partial charge < -0.3 is 5.73 Å². The average Bonchev–Trinajstić information content (AvgIpc) is 2.71. The van der Waals surface area contributed by atoms with E-state index in [0.29, 0.717) is 0 Å². The second-order valence-corrected chi connectivity index (χ2v) is 5.25. The molecule has 15 heavy (non-hydrogen) atoms. The fourth-order valence-corrected chi connectivity index (χ4v) is 3.04. The number of thiophene rings is 1. The van der Waals surface area contributed by atoms with E-state index in [1.54, 1.807) is 10.4 Å². The van der Waals surface area contributed by atoms with Gasteiger partial charge in [0.25, 0.3) is 0 Å². The first kappa shape index (κ1) is 11.1. The van der Waals surface area contributed by atoms with Crippen LogP contribution >= 0.6 is 11.3 Å². The minimum Gasteiger partial charge on any atom is -0.330 e. The van der Waals surface area contributed by atoms with E-state index in [2.05, 4.69) is 16.3 Å². The molecule has 1 aliphatic rings. The molecule has 0 aliphatic carbocycles. The summed E-state index contributed by atoms with van der Waals surface area (Å²) in [6, 6.07) is 2.28. The summed E-state index contributed by atoms with van der Waals surface area (Å²) in [6.07, 6.45) is 5.02. The third-order valence-electron chi connectivity index (χ3n) is 3.07. The van der Waals surface area contributed by atoms with Crippen molar-refractivity contribution < 1.29 is 0 Å². The van der Waals surface area contributed by atoms with Crippen LogP contribution in [-0.2, 0) is 13.0 Å². The van der Waals surface area contributed by atoms with Gasteiger partial charge in [0, 0.05) is 18.0 Å². The molecule has 1 aromatic heterocycles. The summed E-state index contributed by atoms with van der Waals surface area (Å²) >= 11 is 1.92. The first-order chi connectivity index (χ1) is 7.40. The maximum Gasteiger partial charge on any atom is 0.0244 e. The van der Waals surface area contributed by atoms with E-state index in [-0.39, 0.29) is 0 Å². The number of hydrogen-bond acceptors (Lipinski definition) is 3. The van der Waals surface area contributed by atoms with Crippen molar-refractivity contribution in [2.45, 2.75) is 32.2 Å². The minimum absolute atomic E-state index is 0.842. The molecule has 3 heteroatoms. The number of hydrogen-bond donors (Lipinski definition) is 1. The molecule has 2 N–H and O–H groups in total. The van der Waals surface area contributed by atoms with Gasteiger partial charge >= 0.3 is 0 Å². The van der Waals surface area contributed by atoms with Gasteiger partial charge in [0.1, 0.15) is 0 Å². The predicted octanol–water partition coefficient (Wildman–Crippen LogP) is 2.24. The molecule has 0 unspecified atom stereocenters. The van der Waals surface area contributed by atoms with E-state index >= 15 is 0 Å². The fourth-order valence-electron chi connectivity index (χ4n) is 2.15. The van der Waals surface area contributed by atoms with Crippen molar-refractivity contribution in [2.75, 3.05) is 19.6 Å². The van der Waals surface area contributed by atoms with Crippen LogP contribution in [0.15, 0.2) is 11.4 Å². The van der Waals surface area contributed by atoms with Crippen molar-refractivity contribution in [3.63, 3.8) is 0 Å². The molecule has 2 nitrogen and oxygen atoms in total. The molecule has 84 valence electrons. The zero-order valence-corrected chi connectivity index (χ0v) is 10.1. The number of unbranched alkanes of at least 4 members (excludes halogenated alkanes) is 2. The Balaban J connectivity index is 1.73. The zero-order valence-electron chi connectivity index (χ0n) is 9.24. The number of nitrogens with two attached hydrogens (primary N) is 1.